The van der Waals surface area contributed by atoms with Crippen LogP contribution in [0.1, 0.15) is 48.4 Å². The molecule has 0 aliphatic carbocycles. The van der Waals surface area contributed by atoms with E-state index in [4.69, 9.17) is 19.2 Å². The molecule has 1 aromatic heterocycles. The molecule has 0 saturated carbocycles. The maximum Gasteiger partial charge on any atom is 0.311 e. The Morgan fingerprint density at radius 1 is 1.09 bits per heavy atom. The Kier molecular flexibility index (Phi) is 9.40. The van der Waals surface area contributed by atoms with Crippen molar-refractivity contribution in [3.05, 3.63) is 76.6 Å². The highest BCUT2D eigenvalue weighted by atomic mass is 19.1. The zero-order chi connectivity index (χ0) is 31.6. The van der Waals surface area contributed by atoms with E-state index in [1.54, 1.807) is 20.1 Å². The normalized spacial score (nSPS) is 22.7. The van der Waals surface area contributed by atoms with Gasteiger partial charge in [0.1, 0.15) is 12.4 Å². The van der Waals surface area contributed by atoms with Gasteiger partial charge in [0.2, 0.25) is 0 Å². The minimum atomic E-state index is -0.963. The highest BCUT2D eigenvalue weighted by Crippen LogP contribution is 2.40. The maximum absolute atomic E-state index is 15.4. The fraction of sp³-hybridized carbons (Fsp3) is 0.500. The van der Waals surface area contributed by atoms with Crippen molar-refractivity contribution in [3.8, 4) is 17.0 Å². The van der Waals surface area contributed by atoms with Gasteiger partial charge in [-0.2, -0.15) is 0 Å². The smallest absolute Gasteiger partial charge is 0.311 e. The van der Waals surface area contributed by atoms with E-state index in [-0.39, 0.29) is 25.0 Å². The third kappa shape index (κ3) is 6.30. The van der Waals surface area contributed by atoms with E-state index in [2.05, 4.69) is 24.0 Å². The van der Waals surface area contributed by atoms with Crippen LogP contribution in [0.15, 0.2) is 48.5 Å². The van der Waals surface area contributed by atoms with Crippen LogP contribution < -0.4 is 9.64 Å². The number of para-hydroxylation sites is 1. The Bertz CT molecular complexity index is 1530. The van der Waals surface area contributed by atoms with Gasteiger partial charge in [0, 0.05) is 51.6 Å². The number of hydrogen-bond acceptors (Lipinski definition) is 7. The quantitative estimate of drug-likeness (QED) is 0.329. The van der Waals surface area contributed by atoms with Crippen molar-refractivity contribution in [2.45, 2.75) is 64.6 Å². The van der Waals surface area contributed by atoms with Gasteiger partial charge >= 0.3 is 5.97 Å². The van der Waals surface area contributed by atoms with Gasteiger partial charge in [-0.05, 0) is 92.5 Å². The number of rotatable bonds is 9. The first-order chi connectivity index (χ1) is 21.8. The molecule has 3 aromatic rings. The fourth-order valence-corrected chi connectivity index (χ4v) is 7.36. The van der Waals surface area contributed by atoms with Crippen molar-refractivity contribution >= 4 is 11.8 Å². The third-order valence-corrected chi connectivity index (χ3v) is 10.3. The van der Waals surface area contributed by atoms with Crippen LogP contribution in [0.25, 0.3) is 11.3 Å². The summed E-state index contributed by atoms with van der Waals surface area (Å²) in [7, 11) is 1.58. The predicted octanol–water partition coefficient (Wildman–Crippen LogP) is 5.67. The van der Waals surface area contributed by atoms with Crippen LogP contribution in [0.4, 0.5) is 10.2 Å². The number of fused-ring (bicyclic) bond motifs is 1. The summed E-state index contributed by atoms with van der Waals surface area (Å²) in [5, 5.41) is 9.98. The van der Waals surface area contributed by atoms with Crippen LogP contribution >= 0.6 is 0 Å². The molecule has 4 heterocycles. The van der Waals surface area contributed by atoms with Gasteiger partial charge < -0.3 is 24.2 Å². The summed E-state index contributed by atoms with van der Waals surface area (Å²) in [4.78, 5) is 21.7. The van der Waals surface area contributed by atoms with E-state index in [0.29, 0.717) is 36.1 Å². The topological polar surface area (TPSA) is 84.4 Å². The monoisotopic (exact) mass is 617 g/mol. The number of ether oxygens (including phenoxy) is 3. The van der Waals surface area contributed by atoms with Crippen LogP contribution in [0.3, 0.4) is 0 Å². The molecular formula is C36H44FN3O5. The standard InChI is InChI=1S/C36H44FN3O5/c1-24-26(11-10-25-12-17-39(18-13-28(24)25)27-14-20-44-21-15-27)22-45-34-29(6-4-7-30(34)37)31-8-5-9-33(38-31)40-19-16-36(2,35(41)42)32(40)23-43-3/h4-11,27,32H,12-23H2,1-3H3,(H,41,42)/t32?,36-/m1/s1. The van der Waals surface area contributed by atoms with Gasteiger partial charge in [-0.3, -0.25) is 9.69 Å². The first kappa shape index (κ1) is 31.5. The number of nitrogens with zero attached hydrogens (tertiary/aromatic N) is 3. The number of methoxy groups -OCH3 is 1. The predicted molar refractivity (Wildman–Crippen MR) is 171 cm³/mol. The number of pyridine rings is 1. The van der Waals surface area contributed by atoms with E-state index in [1.165, 1.54) is 22.8 Å². The molecule has 1 N–H and O–H groups in total. The molecule has 0 bridgehead atoms. The van der Waals surface area contributed by atoms with Gasteiger partial charge in [0.15, 0.2) is 11.6 Å². The summed E-state index contributed by atoms with van der Waals surface area (Å²) in [6.45, 7) is 8.76. The van der Waals surface area contributed by atoms with E-state index < -0.39 is 17.2 Å². The second-order valence-corrected chi connectivity index (χ2v) is 12.8. The number of anilines is 1. The molecule has 2 aromatic carbocycles. The molecule has 9 heteroatoms. The average Bonchev–Trinajstić information content (AvgIpc) is 3.24. The lowest BCUT2D eigenvalue weighted by Crippen LogP contribution is -2.46. The van der Waals surface area contributed by atoms with Crippen LogP contribution in [-0.2, 0) is 33.7 Å². The number of carbonyl (C=O) groups is 1. The molecule has 2 atom stereocenters. The maximum atomic E-state index is 15.4. The Hall–Kier alpha value is -3.53. The van der Waals surface area contributed by atoms with E-state index >= 15 is 4.39 Å². The molecule has 8 nitrogen and oxygen atoms in total. The van der Waals surface area contributed by atoms with Crippen LogP contribution in [0.2, 0.25) is 0 Å². The van der Waals surface area contributed by atoms with Gasteiger partial charge in [-0.1, -0.05) is 24.3 Å². The summed E-state index contributed by atoms with van der Waals surface area (Å²) >= 11 is 0. The number of benzene rings is 2. The summed E-state index contributed by atoms with van der Waals surface area (Å²) < 4.78 is 32.7. The number of halogens is 1. The van der Waals surface area contributed by atoms with Crippen LogP contribution in [-0.4, -0.2) is 79.6 Å². The number of carboxylic acid groups (broad SMARTS) is 1. The molecule has 0 amide bonds. The summed E-state index contributed by atoms with van der Waals surface area (Å²) in [6.07, 6.45) is 4.71. The van der Waals surface area contributed by atoms with Crippen molar-refractivity contribution in [2.75, 3.05) is 51.5 Å². The fourth-order valence-electron chi connectivity index (χ4n) is 7.36. The van der Waals surface area contributed by atoms with Crippen molar-refractivity contribution in [1.29, 1.82) is 0 Å². The molecule has 6 rings (SSSR count). The summed E-state index contributed by atoms with van der Waals surface area (Å²) in [5.74, 6) is -0.511. The van der Waals surface area contributed by atoms with Gasteiger partial charge in [0.05, 0.1) is 23.8 Å². The van der Waals surface area contributed by atoms with E-state index in [0.717, 1.165) is 57.6 Å². The molecule has 0 spiro atoms. The summed E-state index contributed by atoms with van der Waals surface area (Å²) in [5.41, 5.74) is 5.21. The zero-order valence-electron chi connectivity index (χ0n) is 26.6. The Morgan fingerprint density at radius 3 is 2.64 bits per heavy atom. The molecule has 3 aliphatic heterocycles. The second kappa shape index (κ2) is 13.4. The molecule has 2 saturated heterocycles. The van der Waals surface area contributed by atoms with Crippen molar-refractivity contribution in [2.24, 2.45) is 5.41 Å². The molecular weight excluding hydrogens is 573 g/mol. The Labute approximate surface area is 265 Å². The minimum absolute atomic E-state index is 0.160. The lowest BCUT2D eigenvalue weighted by molar-refractivity contribution is -0.148. The molecule has 240 valence electrons. The lowest BCUT2D eigenvalue weighted by atomic mass is 9.83. The van der Waals surface area contributed by atoms with Crippen molar-refractivity contribution in [3.63, 3.8) is 0 Å². The lowest BCUT2D eigenvalue weighted by Gasteiger charge is -2.33. The highest BCUT2D eigenvalue weighted by Gasteiger charge is 2.50. The number of aliphatic carboxylic acids is 1. The first-order valence-corrected chi connectivity index (χ1v) is 16.1. The molecule has 3 aliphatic rings. The van der Waals surface area contributed by atoms with E-state index in [9.17, 15) is 9.90 Å². The number of carboxylic acids is 1. The van der Waals surface area contributed by atoms with Gasteiger partial charge in [0.25, 0.3) is 0 Å². The third-order valence-electron chi connectivity index (χ3n) is 10.3. The minimum Gasteiger partial charge on any atom is -0.485 e. The van der Waals surface area contributed by atoms with Gasteiger partial charge in [-0.25, -0.2) is 9.37 Å². The number of aromatic nitrogens is 1. The zero-order valence-corrected chi connectivity index (χ0v) is 26.6. The SMILES string of the molecule is COCC1N(c2cccc(-c3cccc(F)c3OCc3ccc4c(c3C)CCN(C3CCOCC3)CC4)n2)CC[C@@]1(C)C(=O)O. The Morgan fingerprint density at radius 2 is 1.87 bits per heavy atom. The number of hydrogen-bond donors (Lipinski definition) is 1. The largest absolute Gasteiger partial charge is 0.485 e. The second-order valence-electron chi connectivity index (χ2n) is 12.8. The molecule has 0 radical (unpaired) electrons. The first-order valence-electron chi connectivity index (χ1n) is 16.1. The molecule has 45 heavy (non-hydrogen) atoms. The van der Waals surface area contributed by atoms with Crippen molar-refractivity contribution < 1.29 is 28.5 Å². The average molecular weight is 618 g/mol. The van der Waals surface area contributed by atoms with Crippen LogP contribution in [0.5, 0.6) is 5.75 Å². The molecule has 1 unspecified atom stereocenters. The Balaban J connectivity index is 1.22. The highest BCUT2D eigenvalue weighted by molar-refractivity contribution is 5.77. The van der Waals surface area contributed by atoms with Crippen molar-refractivity contribution in [1.82, 2.24) is 9.88 Å². The van der Waals surface area contributed by atoms with Crippen LogP contribution in [0, 0.1) is 18.2 Å². The van der Waals surface area contributed by atoms with Gasteiger partial charge in [-0.15, -0.1) is 0 Å². The molecule has 2 fully saturated rings. The van der Waals surface area contributed by atoms with E-state index in [1.807, 2.05) is 29.2 Å². The summed E-state index contributed by atoms with van der Waals surface area (Å²) in [6, 6.07) is 15.0.